The molecule has 2 aromatic heterocycles. The third-order valence-electron chi connectivity index (χ3n) is 7.92. The highest BCUT2D eigenvalue weighted by atomic mass is 15.7. The topological polar surface area (TPSA) is 96.0 Å². The van der Waals surface area contributed by atoms with E-state index in [1.165, 1.54) is 0 Å². The van der Waals surface area contributed by atoms with E-state index in [9.17, 15) is 0 Å². The molecule has 0 spiro atoms. The van der Waals surface area contributed by atoms with Crippen molar-refractivity contribution in [3.8, 4) is 0 Å². The van der Waals surface area contributed by atoms with Crippen molar-refractivity contribution in [1.29, 1.82) is 0 Å². The van der Waals surface area contributed by atoms with Gasteiger partial charge in [0.2, 0.25) is 0 Å². The maximum Gasteiger partial charge on any atom is 0.165 e. The Morgan fingerprint density at radius 3 is 1.76 bits per heavy atom. The number of rotatable bonds is 2. The Kier molecular flexibility index (Phi) is 4.50. The van der Waals surface area contributed by atoms with Crippen LogP contribution < -0.4 is 16.5 Å². The van der Waals surface area contributed by atoms with Crippen LogP contribution in [-0.4, -0.2) is 32.7 Å². The number of aliphatic imine (C=N–C) groups is 4. The first-order chi connectivity index (χ1) is 20.7. The zero-order valence-electron chi connectivity index (χ0n) is 22.4. The molecule has 9 heteroatoms. The molecule has 5 aromatic rings. The third kappa shape index (κ3) is 3.01. The van der Waals surface area contributed by atoms with Gasteiger partial charge in [0.25, 0.3) is 0 Å². The first-order valence-electron chi connectivity index (χ1n) is 13.6. The number of hydrogen-bond donors (Lipinski definition) is 1. The molecule has 1 N–H and O–H groups in total. The van der Waals surface area contributed by atoms with Crippen LogP contribution >= 0.6 is 0 Å². The van der Waals surface area contributed by atoms with Crippen LogP contribution in [0.4, 0.5) is 11.6 Å². The minimum absolute atomic E-state index is 0.572. The van der Waals surface area contributed by atoms with Crippen LogP contribution in [-0.2, 0) is 0 Å². The van der Waals surface area contributed by atoms with Crippen molar-refractivity contribution in [3.63, 3.8) is 0 Å². The van der Waals surface area contributed by atoms with Gasteiger partial charge < -0.3 is 0 Å². The number of nitrogens with one attached hydrogen (secondary N) is 1. The van der Waals surface area contributed by atoms with E-state index in [0.717, 1.165) is 43.8 Å². The number of aromatic nitrogens is 2. The number of hydrogen-bond acceptors (Lipinski definition) is 7. The van der Waals surface area contributed by atoms with Gasteiger partial charge in [-0.25, -0.2) is 44.8 Å². The molecular formula is C33H21N9. The summed E-state index contributed by atoms with van der Waals surface area (Å²) in [5, 5.41) is 3.72. The molecule has 0 saturated heterocycles. The lowest BCUT2D eigenvalue weighted by molar-refractivity contribution is 0.711. The fourth-order valence-electron chi connectivity index (χ4n) is 5.91. The number of amidine groups is 4. The zero-order valence-corrected chi connectivity index (χ0v) is 22.4. The Labute approximate surface area is 239 Å². The van der Waals surface area contributed by atoms with Crippen molar-refractivity contribution in [3.05, 3.63) is 131 Å². The van der Waals surface area contributed by atoms with Crippen molar-refractivity contribution in [2.75, 3.05) is 5.53 Å². The molecule has 0 atom stereocenters. The van der Waals surface area contributed by atoms with Crippen LogP contribution in [0, 0.1) is 0 Å². The first-order valence-corrected chi connectivity index (χ1v) is 13.6. The second-order valence-electron chi connectivity index (χ2n) is 10.3. The van der Waals surface area contributed by atoms with Crippen LogP contribution in [0.5, 0.6) is 0 Å². The predicted molar refractivity (Wildman–Crippen MR) is 167 cm³/mol. The highest BCUT2D eigenvalue weighted by molar-refractivity contribution is 6.25. The Morgan fingerprint density at radius 2 is 1.12 bits per heavy atom. The quantitative estimate of drug-likeness (QED) is 0.304. The monoisotopic (exact) mass is 543 g/mol. The van der Waals surface area contributed by atoms with Crippen LogP contribution in [0.2, 0.25) is 0 Å². The molecule has 0 unspecified atom stereocenters. The summed E-state index contributed by atoms with van der Waals surface area (Å²) in [4.78, 5) is 30.5. The summed E-state index contributed by atoms with van der Waals surface area (Å²) in [5.74, 6) is 3.70. The summed E-state index contributed by atoms with van der Waals surface area (Å²) in [6.45, 7) is 5.87. The van der Waals surface area contributed by atoms with Gasteiger partial charge in [0, 0.05) is 43.8 Å². The average Bonchev–Trinajstić information content (AvgIpc) is 3.70. The summed E-state index contributed by atoms with van der Waals surface area (Å²) >= 11 is 0. The summed E-state index contributed by atoms with van der Waals surface area (Å²) in [6, 6.07) is 24.3. The first kappa shape index (κ1) is 22.8. The fraction of sp³-hybridized carbons (Fsp3) is 0.0303. The van der Waals surface area contributed by atoms with E-state index in [0.29, 0.717) is 46.0 Å². The van der Waals surface area contributed by atoms with Gasteiger partial charge in [-0.1, -0.05) is 97.6 Å². The number of nitrogens with zero attached hydrogens (tertiary/aromatic N) is 8. The van der Waals surface area contributed by atoms with Crippen molar-refractivity contribution >= 4 is 56.5 Å². The zero-order chi connectivity index (χ0) is 27.9. The molecule has 4 aliphatic rings. The summed E-state index contributed by atoms with van der Waals surface area (Å²) in [6.07, 6.45) is 5.62. The molecule has 9 nitrogen and oxygen atoms in total. The van der Waals surface area contributed by atoms with Crippen LogP contribution in [0.25, 0.3) is 21.5 Å². The summed E-state index contributed by atoms with van der Waals surface area (Å²) in [5.41, 5.74) is 8.62. The smallest absolute Gasteiger partial charge is 0.165 e. The van der Waals surface area contributed by atoms with Crippen LogP contribution in [0.15, 0.2) is 139 Å². The lowest BCUT2D eigenvalue weighted by Crippen LogP contribution is -2.39. The number of benzene rings is 3. The van der Waals surface area contributed by atoms with E-state index in [1.807, 2.05) is 77.0 Å². The molecule has 9 rings (SSSR count). The lowest BCUT2D eigenvalue weighted by Gasteiger charge is -2.14. The number of fused-ring (bicyclic) bond motifs is 11. The van der Waals surface area contributed by atoms with E-state index in [-0.39, 0.29) is 0 Å². The van der Waals surface area contributed by atoms with Gasteiger partial charge in [-0.2, -0.15) is 0 Å². The maximum absolute atomic E-state index is 5.16. The predicted octanol–water partition coefficient (Wildman–Crippen LogP) is 5.21. The molecule has 0 amide bonds. The van der Waals surface area contributed by atoms with Gasteiger partial charge in [0.15, 0.2) is 46.0 Å². The van der Waals surface area contributed by atoms with Crippen molar-refractivity contribution in [2.45, 2.75) is 6.92 Å². The van der Waals surface area contributed by atoms with Crippen LogP contribution in [0.3, 0.4) is 0 Å². The van der Waals surface area contributed by atoms with Gasteiger partial charge in [0.1, 0.15) is 0 Å². The second-order valence-corrected chi connectivity index (χ2v) is 10.3. The standard InChI is InChI=1S/C33H21N9/c1-3-4-11-19-18(2)26-34-27(19)37-31-24-16-9-10-17-25(24)33-39-29-21-13-6-5-12-20(21)28(35-29)38-32-23-15-8-7-14-22(23)30(36-26)41(32)40-42(31)33/h3-17,40H,1H2,2H3/b11-4-,36-26?,36-30?,37-27?,37-31?,38-28?,38-32?,39-29?,39-33?. The normalized spacial score (nSPS) is 16.3. The molecule has 0 radical (unpaired) electrons. The van der Waals surface area contributed by atoms with E-state index < -0.39 is 0 Å². The highest BCUT2D eigenvalue weighted by Crippen LogP contribution is 2.39. The van der Waals surface area contributed by atoms with Crippen molar-refractivity contribution in [1.82, 2.24) is 9.35 Å². The van der Waals surface area contributed by atoms with Gasteiger partial charge in [-0.05, 0) is 6.92 Å². The van der Waals surface area contributed by atoms with Gasteiger partial charge in [0.05, 0.1) is 0 Å². The van der Waals surface area contributed by atoms with Gasteiger partial charge in [-0.3, -0.25) is 0 Å². The number of allylic oxidation sites excluding steroid dienone is 2. The Morgan fingerprint density at radius 1 is 0.595 bits per heavy atom. The molecule has 0 fully saturated rings. The summed E-state index contributed by atoms with van der Waals surface area (Å²) in [7, 11) is 0. The largest absolute Gasteiger partial charge is 0.224 e. The van der Waals surface area contributed by atoms with E-state index >= 15 is 0 Å². The van der Waals surface area contributed by atoms with Crippen molar-refractivity contribution in [2.24, 2.45) is 30.0 Å². The Balaban J connectivity index is 1.53. The maximum atomic E-state index is 5.16. The fourth-order valence-corrected chi connectivity index (χ4v) is 5.91. The molecular weight excluding hydrogens is 522 g/mol. The Bertz CT molecular complexity index is 2400. The van der Waals surface area contributed by atoms with E-state index in [2.05, 4.69) is 36.4 Å². The lowest BCUT2D eigenvalue weighted by atomic mass is 10.1. The van der Waals surface area contributed by atoms with E-state index in [1.54, 1.807) is 6.08 Å². The van der Waals surface area contributed by atoms with Gasteiger partial charge >= 0.3 is 0 Å². The molecule has 0 saturated carbocycles. The SMILES string of the molecule is C=C/C=C\C1=C(C)C2=NC1=Nc1c3ccccc3c3n1Nn1c(c4ccccc4c1=NC1=NC(=N3)c3ccccc31)=N2. The highest BCUT2D eigenvalue weighted by Gasteiger charge is 2.29. The third-order valence-corrected chi connectivity index (χ3v) is 7.92. The molecule has 6 heterocycles. The minimum atomic E-state index is 0.572. The minimum Gasteiger partial charge on any atom is -0.224 e. The second kappa shape index (κ2) is 8.28. The molecule has 0 aliphatic carbocycles. The van der Waals surface area contributed by atoms with Crippen molar-refractivity contribution < 1.29 is 0 Å². The molecule has 3 aromatic carbocycles. The molecule has 42 heavy (non-hydrogen) atoms. The van der Waals surface area contributed by atoms with Crippen LogP contribution in [0.1, 0.15) is 18.1 Å². The van der Waals surface area contributed by atoms with Gasteiger partial charge in [-0.15, -0.1) is 0 Å². The average molecular weight is 544 g/mol. The Hall–Kier alpha value is -5.96. The molecule has 198 valence electrons. The summed E-state index contributed by atoms with van der Waals surface area (Å²) < 4.78 is 3.79. The molecule has 4 aliphatic heterocycles. The van der Waals surface area contributed by atoms with E-state index in [4.69, 9.17) is 30.0 Å². The molecule has 6 bridgehead atoms.